The number of aliphatic imine (C=N–C) groups is 1. The summed E-state index contributed by atoms with van der Waals surface area (Å²) in [7, 11) is 0. The van der Waals surface area contributed by atoms with E-state index in [1.54, 1.807) is 0 Å². The van der Waals surface area contributed by atoms with Crippen LogP contribution in [-0.2, 0) is 17.8 Å². The number of carbonyl (C=O) groups is 1. The van der Waals surface area contributed by atoms with Gasteiger partial charge >= 0.3 is 0 Å². The van der Waals surface area contributed by atoms with Crippen molar-refractivity contribution in [2.24, 2.45) is 10.9 Å². The normalized spacial score (nSPS) is 18.0. The predicted molar refractivity (Wildman–Crippen MR) is 134 cm³/mol. The molecule has 168 valence electrons. The van der Waals surface area contributed by atoms with E-state index in [1.807, 2.05) is 4.90 Å². The van der Waals surface area contributed by atoms with Crippen LogP contribution in [0, 0.1) is 5.92 Å². The van der Waals surface area contributed by atoms with E-state index in [4.69, 9.17) is 0 Å². The third-order valence-electron chi connectivity index (χ3n) is 6.05. The van der Waals surface area contributed by atoms with Gasteiger partial charge in [-0.2, -0.15) is 0 Å². The second kappa shape index (κ2) is 12.5. The zero-order valence-corrected chi connectivity index (χ0v) is 21.0. The van der Waals surface area contributed by atoms with Crippen LogP contribution >= 0.6 is 24.0 Å². The summed E-state index contributed by atoms with van der Waals surface area (Å²) in [6.45, 7) is 12.3. The van der Waals surface area contributed by atoms with Gasteiger partial charge in [0, 0.05) is 45.3 Å². The molecule has 2 heterocycles. The van der Waals surface area contributed by atoms with Crippen molar-refractivity contribution < 1.29 is 4.79 Å². The average molecular weight is 527 g/mol. The lowest BCUT2D eigenvalue weighted by atomic mass is 9.95. The summed E-state index contributed by atoms with van der Waals surface area (Å²) in [5.41, 5.74) is 2.93. The van der Waals surface area contributed by atoms with E-state index in [2.05, 4.69) is 65.6 Å². The maximum atomic E-state index is 12.3. The van der Waals surface area contributed by atoms with Gasteiger partial charge in [-0.25, -0.2) is 4.99 Å². The molecule has 1 amide bonds. The zero-order chi connectivity index (χ0) is 20.6. The first-order valence-electron chi connectivity index (χ1n) is 11.2. The smallest absolute Gasteiger partial charge is 0.244 e. The maximum Gasteiger partial charge on any atom is 0.244 e. The van der Waals surface area contributed by atoms with Crippen LogP contribution in [0.5, 0.6) is 0 Å². The van der Waals surface area contributed by atoms with Gasteiger partial charge in [-0.1, -0.05) is 38.1 Å². The molecule has 30 heavy (non-hydrogen) atoms. The average Bonchev–Trinajstić information content (AvgIpc) is 3.26. The number of amides is 1. The molecule has 2 N–H and O–H groups in total. The molecule has 2 aliphatic heterocycles. The molecule has 6 nitrogen and oxygen atoms in total. The number of nitrogens with one attached hydrogen (secondary N) is 2. The molecule has 0 saturated carbocycles. The Morgan fingerprint density at radius 2 is 1.80 bits per heavy atom. The third-order valence-corrected chi connectivity index (χ3v) is 6.05. The molecule has 1 aromatic rings. The first-order valence-corrected chi connectivity index (χ1v) is 11.2. The fraction of sp³-hybridized carbons (Fsp3) is 0.652. The number of rotatable bonds is 7. The van der Waals surface area contributed by atoms with E-state index in [0.717, 1.165) is 64.5 Å². The van der Waals surface area contributed by atoms with Crippen LogP contribution in [0.1, 0.15) is 44.7 Å². The van der Waals surface area contributed by atoms with Gasteiger partial charge in [0.25, 0.3) is 0 Å². The molecule has 3 rings (SSSR count). The number of benzene rings is 1. The van der Waals surface area contributed by atoms with Gasteiger partial charge in [-0.15, -0.1) is 24.0 Å². The van der Waals surface area contributed by atoms with Gasteiger partial charge in [0.05, 0.1) is 0 Å². The van der Waals surface area contributed by atoms with Crippen LogP contribution in [0.4, 0.5) is 0 Å². The molecule has 0 spiro atoms. The number of halogens is 1. The fourth-order valence-corrected chi connectivity index (χ4v) is 4.34. The number of fused-ring (bicyclic) bond motifs is 1. The minimum Gasteiger partial charge on any atom is -0.357 e. The monoisotopic (exact) mass is 527 g/mol. The van der Waals surface area contributed by atoms with E-state index in [0.29, 0.717) is 12.0 Å². The highest BCUT2D eigenvalue weighted by atomic mass is 127. The number of hydrogen-bond donors (Lipinski definition) is 2. The van der Waals surface area contributed by atoms with Crippen molar-refractivity contribution in [2.75, 3.05) is 39.3 Å². The number of likely N-dealkylation sites (tertiary alicyclic amines) is 1. The Balaban J connectivity index is 0.00000320. The van der Waals surface area contributed by atoms with Gasteiger partial charge in [0.15, 0.2) is 5.96 Å². The van der Waals surface area contributed by atoms with Crippen molar-refractivity contribution in [2.45, 2.75) is 52.6 Å². The number of hydrogen-bond acceptors (Lipinski definition) is 3. The highest BCUT2D eigenvalue weighted by Gasteiger charge is 2.26. The molecule has 1 unspecified atom stereocenters. The Morgan fingerprint density at radius 3 is 2.47 bits per heavy atom. The summed E-state index contributed by atoms with van der Waals surface area (Å²) in [4.78, 5) is 21.4. The second-order valence-electron chi connectivity index (χ2n) is 8.46. The zero-order valence-electron chi connectivity index (χ0n) is 18.7. The summed E-state index contributed by atoms with van der Waals surface area (Å²) in [5, 5.41) is 6.79. The molecule has 1 fully saturated rings. The summed E-state index contributed by atoms with van der Waals surface area (Å²) in [5.74, 6) is 1.40. The van der Waals surface area contributed by atoms with E-state index < -0.39 is 0 Å². The van der Waals surface area contributed by atoms with Crippen molar-refractivity contribution in [1.29, 1.82) is 0 Å². The molecule has 0 bridgehead atoms. The van der Waals surface area contributed by atoms with Gasteiger partial charge in [-0.3, -0.25) is 9.69 Å². The Kier molecular flexibility index (Phi) is 10.4. The van der Waals surface area contributed by atoms with Gasteiger partial charge in [-0.05, 0) is 43.2 Å². The van der Waals surface area contributed by atoms with Crippen LogP contribution in [0.2, 0.25) is 0 Å². The summed E-state index contributed by atoms with van der Waals surface area (Å²) < 4.78 is 0. The van der Waals surface area contributed by atoms with Crippen LogP contribution in [0.15, 0.2) is 29.3 Å². The maximum absolute atomic E-state index is 12.3. The lowest BCUT2D eigenvalue weighted by Crippen LogP contribution is -2.50. The van der Waals surface area contributed by atoms with E-state index >= 15 is 0 Å². The highest BCUT2D eigenvalue weighted by Crippen LogP contribution is 2.22. The van der Waals surface area contributed by atoms with Crippen LogP contribution in [-0.4, -0.2) is 67.0 Å². The molecule has 2 aliphatic rings. The van der Waals surface area contributed by atoms with Crippen molar-refractivity contribution in [3.63, 3.8) is 0 Å². The molecule has 0 radical (unpaired) electrons. The topological polar surface area (TPSA) is 60.0 Å². The van der Waals surface area contributed by atoms with Crippen molar-refractivity contribution >= 4 is 35.8 Å². The number of nitrogens with zero attached hydrogens (tertiary/aromatic N) is 3. The summed E-state index contributed by atoms with van der Waals surface area (Å²) >= 11 is 0. The summed E-state index contributed by atoms with van der Waals surface area (Å²) in [6.07, 6.45) is 3.34. The Labute approximate surface area is 198 Å². The molecule has 1 aromatic carbocycles. The van der Waals surface area contributed by atoms with Gasteiger partial charge in [0.2, 0.25) is 5.91 Å². The standard InChI is InChI=1S/C23H37N5O.HI/c1-4-24-23(26-16-22(29)27-12-7-8-13-27)25-15-21(18(2)3)28-14-11-19-9-5-6-10-20(19)17-28;/h5-6,9-10,18,21H,4,7-8,11-17H2,1-3H3,(H2,24,25,26);1H. The van der Waals surface area contributed by atoms with Gasteiger partial charge in [0.1, 0.15) is 6.54 Å². The Hall–Kier alpha value is -1.35. The van der Waals surface area contributed by atoms with Crippen LogP contribution in [0.3, 0.4) is 0 Å². The number of guanidine groups is 1. The Morgan fingerprint density at radius 1 is 1.10 bits per heavy atom. The molecule has 0 aromatic heterocycles. The van der Waals surface area contributed by atoms with Gasteiger partial charge < -0.3 is 15.5 Å². The predicted octanol–water partition coefficient (Wildman–Crippen LogP) is 2.86. The van der Waals surface area contributed by atoms with E-state index in [-0.39, 0.29) is 36.4 Å². The summed E-state index contributed by atoms with van der Waals surface area (Å²) in [6, 6.07) is 9.20. The van der Waals surface area contributed by atoms with Crippen molar-refractivity contribution in [1.82, 2.24) is 20.4 Å². The van der Waals surface area contributed by atoms with Crippen molar-refractivity contribution in [3.8, 4) is 0 Å². The van der Waals surface area contributed by atoms with Crippen molar-refractivity contribution in [3.05, 3.63) is 35.4 Å². The SMILES string of the molecule is CCNC(=NCC(=O)N1CCCC1)NCC(C(C)C)N1CCc2ccccc2C1.I. The minimum absolute atomic E-state index is 0. The number of carbonyl (C=O) groups excluding carboxylic acids is 1. The lowest BCUT2D eigenvalue weighted by Gasteiger charge is -2.38. The van der Waals surface area contributed by atoms with E-state index in [1.165, 1.54) is 11.1 Å². The molecular weight excluding hydrogens is 489 g/mol. The first-order chi connectivity index (χ1) is 14.1. The van der Waals surface area contributed by atoms with E-state index in [9.17, 15) is 4.79 Å². The first kappa shape index (κ1) is 24.9. The van der Waals surface area contributed by atoms with Crippen LogP contribution in [0.25, 0.3) is 0 Å². The minimum atomic E-state index is 0. The Bertz CT molecular complexity index is 703. The molecule has 1 atom stereocenters. The lowest BCUT2D eigenvalue weighted by molar-refractivity contribution is -0.128. The quantitative estimate of drug-likeness (QED) is 0.326. The second-order valence-corrected chi connectivity index (χ2v) is 8.46. The molecule has 0 aliphatic carbocycles. The third kappa shape index (κ3) is 6.83. The molecule has 1 saturated heterocycles. The van der Waals surface area contributed by atoms with Crippen LogP contribution < -0.4 is 10.6 Å². The fourth-order valence-electron chi connectivity index (χ4n) is 4.34. The largest absolute Gasteiger partial charge is 0.357 e. The highest BCUT2D eigenvalue weighted by molar-refractivity contribution is 14.0. The molecule has 7 heteroatoms. The molecular formula is C23H38IN5O.